The van der Waals surface area contributed by atoms with Gasteiger partial charge in [-0.1, -0.05) is 0 Å². The van der Waals surface area contributed by atoms with Crippen molar-refractivity contribution in [3.8, 4) is 0 Å². The Kier molecular flexibility index (Phi) is 4.18. The van der Waals surface area contributed by atoms with Crippen molar-refractivity contribution in [1.29, 1.82) is 0 Å². The molecule has 0 saturated heterocycles. The zero-order valence-electron chi connectivity index (χ0n) is 11.9. The second kappa shape index (κ2) is 5.88. The highest BCUT2D eigenvalue weighted by Gasteiger charge is 2.15. The smallest absolute Gasteiger partial charge is 0.317 e. The standard InChI is InChI=1S/C13H17N5O3/c1-8-3-9(2)18-5-10(16-13(18)15-8)4-17(6-11(14)19)7-12(20)21/h3,5H,4,6-7H2,1-2H3,(H2,14,19)(H,20,21). The molecular weight excluding hydrogens is 274 g/mol. The molecule has 2 aromatic heterocycles. The molecule has 3 N–H and O–H groups in total. The van der Waals surface area contributed by atoms with Crippen molar-refractivity contribution in [2.45, 2.75) is 20.4 Å². The van der Waals surface area contributed by atoms with Gasteiger partial charge in [0.25, 0.3) is 0 Å². The van der Waals surface area contributed by atoms with E-state index >= 15 is 0 Å². The van der Waals surface area contributed by atoms with E-state index in [-0.39, 0.29) is 19.6 Å². The molecule has 8 nitrogen and oxygen atoms in total. The maximum Gasteiger partial charge on any atom is 0.317 e. The van der Waals surface area contributed by atoms with E-state index in [0.29, 0.717) is 11.5 Å². The Labute approximate surface area is 121 Å². The van der Waals surface area contributed by atoms with Gasteiger partial charge in [-0.05, 0) is 19.9 Å². The topological polar surface area (TPSA) is 114 Å². The van der Waals surface area contributed by atoms with Crippen molar-refractivity contribution in [2.75, 3.05) is 13.1 Å². The number of aryl methyl sites for hydroxylation is 2. The van der Waals surface area contributed by atoms with Crippen molar-refractivity contribution in [3.63, 3.8) is 0 Å². The summed E-state index contributed by atoms with van der Waals surface area (Å²) in [6, 6.07) is 1.93. The summed E-state index contributed by atoms with van der Waals surface area (Å²) < 4.78 is 1.82. The first-order valence-corrected chi connectivity index (χ1v) is 6.40. The molecule has 1 amide bonds. The maximum atomic E-state index is 11.0. The molecular formula is C13H17N5O3. The Morgan fingerprint density at radius 3 is 2.67 bits per heavy atom. The minimum Gasteiger partial charge on any atom is -0.480 e. The number of nitrogens with two attached hydrogens (primary N) is 1. The van der Waals surface area contributed by atoms with E-state index < -0.39 is 11.9 Å². The van der Waals surface area contributed by atoms with Gasteiger partial charge in [0.1, 0.15) is 0 Å². The van der Waals surface area contributed by atoms with E-state index in [0.717, 1.165) is 11.4 Å². The Morgan fingerprint density at radius 1 is 1.33 bits per heavy atom. The molecule has 0 aliphatic rings. The lowest BCUT2D eigenvalue weighted by Crippen LogP contribution is -2.36. The van der Waals surface area contributed by atoms with E-state index in [4.69, 9.17) is 10.8 Å². The second-order valence-electron chi connectivity index (χ2n) is 4.95. The molecule has 0 unspecified atom stereocenters. The summed E-state index contributed by atoms with van der Waals surface area (Å²) in [5.74, 6) is -1.05. The first-order valence-electron chi connectivity index (χ1n) is 6.40. The number of amides is 1. The number of aliphatic carboxylic acids is 1. The number of hydrogen-bond donors (Lipinski definition) is 2. The van der Waals surface area contributed by atoms with E-state index in [1.165, 1.54) is 4.90 Å². The van der Waals surface area contributed by atoms with Crippen molar-refractivity contribution < 1.29 is 14.7 Å². The summed E-state index contributed by atoms with van der Waals surface area (Å²) >= 11 is 0. The zero-order chi connectivity index (χ0) is 15.6. The first kappa shape index (κ1) is 14.9. The zero-order valence-corrected chi connectivity index (χ0v) is 11.9. The molecule has 2 aromatic rings. The molecule has 21 heavy (non-hydrogen) atoms. The number of hydrogen-bond acceptors (Lipinski definition) is 5. The van der Waals surface area contributed by atoms with Crippen LogP contribution in [0.2, 0.25) is 0 Å². The largest absolute Gasteiger partial charge is 0.480 e. The molecule has 8 heteroatoms. The first-order chi connectivity index (χ1) is 9.85. The number of carbonyl (C=O) groups is 2. The number of rotatable bonds is 6. The lowest BCUT2D eigenvalue weighted by atomic mass is 10.3. The van der Waals surface area contributed by atoms with Crippen molar-refractivity contribution in [2.24, 2.45) is 5.73 Å². The number of carboxylic acids is 1. The molecule has 112 valence electrons. The third-order valence-corrected chi connectivity index (χ3v) is 2.94. The molecule has 2 rings (SSSR count). The normalized spacial score (nSPS) is 11.2. The highest BCUT2D eigenvalue weighted by atomic mass is 16.4. The molecule has 0 fully saturated rings. The average Bonchev–Trinajstić information content (AvgIpc) is 2.69. The lowest BCUT2D eigenvalue weighted by Gasteiger charge is -2.16. The van der Waals surface area contributed by atoms with Crippen molar-refractivity contribution in [3.05, 3.63) is 29.3 Å². The quantitative estimate of drug-likeness (QED) is 0.756. The molecule has 0 saturated carbocycles. The van der Waals surface area contributed by atoms with E-state index in [9.17, 15) is 9.59 Å². The van der Waals surface area contributed by atoms with Gasteiger partial charge in [-0.25, -0.2) is 9.97 Å². The minimum absolute atomic E-state index is 0.133. The highest BCUT2D eigenvalue weighted by molar-refractivity contribution is 5.77. The fourth-order valence-corrected chi connectivity index (χ4v) is 2.20. The average molecular weight is 291 g/mol. The van der Waals surface area contributed by atoms with Crippen LogP contribution < -0.4 is 5.73 Å². The monoisotopic (exact) mass is 291 g/mol. The van der Waals surface area contributed by atoms with Gasteiger partial charge in [0.05, 0.1) is 18.8 Å². The molecule has 2 heterocycles. The van der Waals surface area contributed by atoms with Crippen LogP contribution in [0.25, 0.3) is 5.78 Å². The number of carboxylic acid groups (broad SMARTS) is 1. The van der Waals surface area contributed by atoms with Gasteiger partial charge in [-0.15, -0.1) is 0 Å². The number of nitrogens with zero attached hydrogens (tertiary/aromatic N) is 4. The van der Waals surface area contributed by atoms with Crippen LogP contribution in [0, 0.1) is 13.8 Å². The van der Waals surface area contributed by atoms with Crippen LogP contribution in [-0.4, -0.2) is 49.3 Å². The second-order valence-corrected chi connectivity index (χ2v) is 4.95. The predicted octanol–water partition coefficient (Wildman–Crippen LogP) is -0.282. The number of imidazole rings is 1. The highest BCUT2D eigenvalue weighted by Crippen LogP contribution is 2.10. The van der Waals surface area contributed by atoms with Crippen molar-refractivity contribution >= 4 is 17.7 Å². The molecule has 0 bridgehead atoms. The van der Waals surface area contributed by atoms with Crippen LogP contribution in [-0.2, 0) is 16.1 Å². The summed E-state index contributed by atoms with van der Waals surface area (Å²) in [4.78, 5) is 31.9. The summed E-state index contributed by atoms with van der Waals surface area (Å²) in [6.45, 7) is 3.63. The van der Waals surface area contributed by atoms with Crippen LogP contribution in [0.5, 0.6) is 0 Å². The lowest BCUT2D eigenvalue weighted by molar-refractivity contribution is -0.138. The van der Waals surface area contributed by atoms with Crippen LogP contribution >= 0.6 is 0 Å². The van der Waals surface area contributed by atoms with E-state index in [2.05, 4.69) is 9.97 Å². The molecule has 0 aliphatic heterocycles. The van der Waals surface area contributed by atoms with Gasteiger partial charge < -0.3 is 10.8 Å². The third kappa shape index (κ3) is 3.76. The minimum atomic E-state index is -1.02. The summed E-state index contributed by atoms with van der Waals surface area (Å²) in [5.41, 5.74) is 7.61. The Hall–Kier alpha value is -2.48. The Balaban J connectivity index is 2.25. The van der Waals surface area contributed by atoms with Gasteiger partial charge in [0, 0.05) is 24.1 Å². The maximum absolute atomic E-state index is 11.0. The summed E-state index contributed by atoms with van der Waals surface area (Å²) in [5, 5.41) is 8.86. The van der Waals surface area contributed by atoms with Crippen LogP contribution in [0.1, 0.15) is 17.1 Å². The Bertz CT molecular complexity index is 678. The van der Waals surface area contributed by atoms with Crippen molar-refractivity contribution in [1.82, 2.24) is 19.3 Å². The van der Waals surface area contributed by atoms with Gasteiger partial charge >= 0.3 is 5.97 Å². The SMILES string of the molecule is Cc1cc(C)n2cc(CN(CC(N)=O)CC(=O)O)nc2n1. The molecule has 0 spiro atoms. The van der Waals surface area contributed by atoms with Gasteiger partial charge in [0.2, 0.25) is 11.7 Å². The number of aromatic nitrogens is 3. The van der Waals surface area contributed by atoms with Gasteiger partial charge in [-0.2, -0.15) is 0 Å². The van der Waals surface area contributed by atoms with Crippen LogP contribution in [0.15, 0.2) is 12.3 Å². The van der Waals surface area contributed by atoms with Crippen LogP contribution in [0.4, 0.5) is 0 Å². The number of fused-ring (bicyclic) bond motifs is 1. The molecule has 0 aromatic carbocycles. The molecule has 0 aliphatic carbocycles. The molecule has 0 radical (unpaired) electrons. The van der Waals surface area contributed by atoms with Gasteiger partial charge in [-0.3, -0.25) is 18.9 Å². The number of primary amides is 1. The van der Waals surface area contributed by atoms with E-state index in [1.54, 1.807) is 6.20 Å². The van der Waals surface area contributed by atoms with E-state index in [1.807, 2.05) is 24.3 Å². The summed E-state index contributed by atoms with van der Waals surface area (Å²) in [6.07, 6.45) is 1.78. The Morgan fingerprint density at radius 2 is 2.05 bits per heavy atom. The predicted molar refractivity (Wildman–Crippen MR) is 74.6 cm³/mol. The van der Waals surface area contributed by atoms with Crippen LogP contribution in [0.3, 0.4) is 0 Å². The summed E-state index contributed by atoms with van der Waals surface area (Å²) in [7, 11) is 0. The third-order valence-electron chi connectivity index (χ3n) is 2.94. The fourth-order valence-electron chi connectivity index (χ4n) is 2.20. The number of carbonyl (C=O) groups excluding carboxylic acids is 1. The fraction of sp³-hybridized carbons (Fsp3) is 0.385. The molecule has 0 atom stereocenters. The van der Waals surface area contributed by atoms with Gasteiger partial charge in [0.15, 0.2) is 0 Å².